The number of hydrogen-bond acceptors (Lipinski definition) is 2. The SMILES string of the molecule is O=C(Nc1cccc(C(F)(F)F)c1)c1ccc(Br)cc1O. The number of alkyl halides is 3. The molecule has 0 aliphatic rings. The summed E-state index contributed by atoms with van der Waals surface area (Å²) in [6.45, 7) is 0. The van der Waals surface area contributed by atoms with E-state index in [9.17, 15) is 23.1 Å². The molecule has 21 heavy (non-hydrogen) atoms. The molecule has 0 saturated carbocycles. The van der Waals surface area contributed by atoms with Crippen LogP contribution < -0.4 is 5.32 Å². The van der Waals surface area contributed by atoms with Gasteiger partial charge in [-0.15, -0.1) is 0 Å². The van der Waals surface area contributed by atoms with Crippen LogP contribution in [-0.2, 0) is 6.18 Å². The van der Waals surface area contributed by atoms with Crippen molar-refractivity contribution >= 4 is 27.5 Å². The summed E-state index contributed by atoms with van der Waals surface area (Å²) in [5, 5.41) is 12.0. The Morgan fingerprint density at radius 1 is 1.14 bits per heavy atom. The van der Waals surface area contributed by atoms with Crippen LogP contribution in [0.3, 0.4) is 0 Å². The van der Waals surface area contributed by atoms with E-state index in [1.165, 1.54) is 24.3 Å². The maximum absolute atomic E-state index is 12.6. The zero-order valence-electron chi connectivity index (χ0n) is 10.4. The second kappa shape index (κ2) is 5.77. The minimum atomic E-state index is -4.49. The van der Waals surface area contributed by atoms with Gasteiger partial charge in [0.1, 0.15) is 5.75 Å². The molecule has 2 N–H and O–H groups in total. The Bertz CT molecular complexity index is 686. The number of phenols is 1. The van der Waals surface area contributed by atoms with Crippen LogP contribution in [0.4, 0.5) is 18.9 Å². The van der Waals surface area contributed by atoms with Gasteiger partial charge in [-0.25, -0.2) is 0 Å². The minimum absolute atomic E-state index is 0.00264. The summed E-state index contributed by atoms with van der Waals surface area (Å²) in [5.41, 5.74) is -0.895. The highest BCUT2D eigenvalue weighted by Crippen LogP contribution is 2.31. The molecule has 0 bridgehead atoms. The van der Waals surface area contributed by atoms with Crippen molar-refractivity contribution in [3.63, 3.8) is 0 Å². The Kier molecular flexibility index (Phi) is 4.22. The van der Waals surface area contributed by atoms with E-state index in [2.05, 4.69) is 21.2 Å². The third-order valence-corrected chi connectivity index (χ3v) is 3.15. The summed E-state index contributed by atoms with van der Waals surface area (Å²) in [7, 11) is 0. The molecule has 0 radical (unpaired) electrons. The largest absolute Gasteiger partial charge is 0.507 e. The van der Waals surface area contributed by atoms with Crippen molar-refractivity contribution in [3.8, 4) is 5.75 Å². The first-order valence-corrected chi connectivity index (χ1v) is 6.54. The summed E-state index contributed by atoms with van der Waals surface area (Å²) < 4.78 is 38.3. The molecule has 0 spiro atoms. The van der Waals surface area contributed by atoms with Crippen molar-refractivity contribution in [1.29, 1.82) is 0 Å². The lowest BCUT2D eigenvalue weighted by Gasteiger charge is -2.10. The molecule has 0 heterocycles. The van der Waals surface area contributed by atoms with Crippen LogP contribution in [0.1, 0.15) is 15.9 Å². The van der Waals surface area contributed by atoms with Crippen LogP contribution in [0.2, 0.25) is 0 Å². The molecule has 0 fully saturated rings. The highest BCUT2D eigenvalue weighted by molar-refractivity contribution is 9.10. The molecular formula is C14H9BrF3NO2. The average Bonchev–Trinajstić information content (AvgIpc) is 2.37. The molecule has 2 aromatic rings. The molecular weight excluding hydrogens is 351 g/mol. The van der Waals surface area contributed by atoms with Gasteiger partial charge in [0.25, 0.3) is 5.91 Å². The minimum Gasteiger partial charge on any atom is -0.507 e. The van der Waals surface area contributed by atoms with Crippen LogP contribution in [-0.4, -0.2) is 11.0 Å². The lowest BCUT2D eigenvalue weighted by molar-refractivity contribution is -0.137. The van der Waals surface area contributed by atoms with Gasteiger partial charge in [-0.3, -0.25) is 4.79 Å². The Balaban J connectivity index is 2.24. The van der Waals surface area contributed by atoms with Gasteiger partial charge in [0.2, 0.25) is 0 Å². The van der Waals surface area contributed by atoms with E-state index < -0.39 is 17.6 Å². The van der Waals surface area contributed by atoms with Crippen molar-refractivity contribution in [2.75, 3.05) is 5.32 Å². The van der Waals surface area contributed by atoms with Gasteiger partial charge in [-0.1, -0.05) is 22.0 Å². The molecule has 0 saturated heterocycles. The summed E-state index contributed by atoms with van der Waals surface area (Å²) in [6.07, 6.45) is -4.49. The number of hydrogen-bond donors (Lipinski definition) is 2. The molecule has 3 nitrogen and oxygen atoms in total. The highest BCUT2D eigenvalue weighted by atomic mass is 79.9. The van der Waals surface area contributed by atoms with Crippen molar-refractivity contribution in [2.24, 2.45) is 0 Å². The Morgan fingerprint density at radius 2 is 1.86 bits per heavy atom. The number of amides is 1. The van der Waals surface area contributed by atoms with Gasteiger partial charge in [0.15, 0.2) is 0 Å². The molecule has 2 rings (SSSR count). The number of carbonyl (C=O) groups excluding carboxylic acids is 1. The van der Waals surface area contributed by atoms with Crippen molar-refractivity contribution in [3.05, 3.63) is 58.1 Å². The smallest absolute Gasteiger partial charge is 0.416 e. The number of phenolic OH excluding ortho intramolecular Hbond substituents is 1. The molecule has 0 unspecified atom stereocenters. The van der Waals surface area contributed by atoms with E-state index in [4.69, 9.17) is 0 Å². The molecule has 0 aromatic heterocycles. The van der Waals surface area contributed by atoms with Gasteiger partial charge in [-0.05, 0) is 36.4 Å². The van der Waals surface area contributed by atoms with Crippen molar-refractivity contribution < 1.29 is 23.1 Å². The Labute approximate surface area is 126 Å². The first-order chi connectivity index (χ1) is 9.77. The van der Waals surface area contributed by atoms with Gasteiger partial charge in [0, 0.05) is 10.2 Å². The molecule has 7 heteroatoms. The third kappa shape index (κ3) is 3.75. The topological polar surface area (TPSA) is 49.3 Å². The van der Waals surface area contributed by atoms with Gasteiger partial charge in [0.05, 0.1) is 11.1 Å². The van der Waals surface area contributed by atoms with E-state index in [0.29, 0.717) is 4.47 Å². The monoisotopic (exact) mass is 359 g/mol. The molecule has 0 aliphatic heterocycles. The second-order valence-corrected chi connectivity index (χ2v) is 5.11. The lowest BCUT2D eigenvalue weighted by Crippen LogP contribution is -2.13. The summed E-state index contributed by atoms with van der Waals surface area (Å²) >= 11 is 3.13. The van der Waals surface area contributed by atoms with Crippen LogP contribution in [0, 0.1) is 0 Å². The summed E-state index contributed by atoms with van der Waals surface area (Å²) in [6, 6.07) is 8.49. The fraction of sp³-hybridized carbons (Fsp3) is 0.0714. The standard InChI is InChI=1S/C14H9BrF3NO2/c15-9-4-5-11(12(20)7-9)13(21)19-10-3-1-2-8(6-10)14(16,17)18/h1-7,20H,(H,19,21). The first kappa shape index (κ1) is 15.4. The average molecular weight is 360 g/mol. The summed E-state index contributed by atoms with van der Waals surface area (Å²) in [5.74, 6) is -0.965. The number of aromatic hydroxyl groups is 1. The van der Waals surface area contributed by atoms with Crippen LogP contribution >= 0.6 is 15.9 Å². The van der Waals surface area contributed by atoms with Crippen LogP contribution in [0.15, 0.2) is 46.9 Å². The number of halogens is 4. The van der Waals surface area contributed by atoms with Crippen LogP contribution in [0.5, 0.6) is 5.75 Å². The number of benzene rings is 2. The molecule has 0 aliphatic carbocycles. The zero-order chi connectivity index (χ0) is 15.6. The number of anilines is 1. The predicted octanol–water partition coefficient (Wildman–Crippen LogP) is 4.43. The van der Waals surface area contributed by atoms with E-state index in [1.54, 1.807) is 6.07 Å². The second-order valence-electron chi connectivity index (χ2n) is 4.19. The van der Waals surface area contributed by atoms with Gasteiger partial charge < -0.3 is 10.4 Å². The lowest BCUT2D eigenvalue weighted by atomic mass is 10.1. The number of rotatable bonds is 2. The highest BCUT2D eigenvalue weighted by Gasteiger charge is 2.30. The fourth-order valence-corrected chi connectivity index (χ4v) is 2.02. The van der Waals surface area contributed by atoms with Crippen molar-refractivity contribution in [2.45, 2.75) is 6.18 Å². The number of nitrogens with one attached hydrogen (secondary N) is 1. The fourth-order valence-electron chi connectivity index (χ4n) is 1.67. The van der Waals surface area contributed by atoms with E-state index in [0.717, 1.165) is 12.1 Å². The van der Waals surface area contributed by atoms with Gasteiger partial charge in [-0.2, -0.15) is 13.2 Å². The normalized spacial score (nSPS) is 11.2. The van der Waals surface area contributed by atoms with E-state index in [-0.39, 0.29) is 17.0 Å². The van der Waals surface area contributed by atoms with E-state index in [1.807, 2.05) is 0 Å². The Morgan fingerprint density at radius 3 is 2.48 bits per heavy atom. The molecule has 2 aromatic carbocycles. The zero-order valence-corrected chi connectivity index (χ0v) is 12.0. The Hall–Kier alpha value is -2.02. The quantitative estimate of drug-likeness (QED) is 0.833. The predicted molar refractivity (Wildman–Crippen MR) is 75.2 cm³/mol. The molecule has 1 amide bonds. The molecule has 0 atom stereocenters. The van der Waals surface area contributed by atoms with Gasteiger partial charge >= 0.3 is 6.18 Å². The maximum Gasteiger partial charge on any atom is 0.416 e. The van der Waals surface area contributed by atoms with Crippen molar-refractivity contribution in [1.82, 2.24) is 0 Å². The third-order valence-electron chi connectivity index (χ3n) is 2.65. The number of carbonyl (C=O) groups is 1. The summed E-state index contributed by atoms with van der Waals surface area (Å²) in [4.78, 5) is 11.9. The first-order valence-electron chi connectivity index (χ1n) is 5.74. The van der Waals surface area contributed by atoms with E-state index >= 15 is 0 Å². The maximum atomic E-state index is 12.6. The van der Waals surface area contributed by atoms with Crippen LogP contribution in [0.25, 0.3) is 0 Å². The molecule has 110 valence electrons.